The molecule has 1 heterocycles. The molecule has 0 bridgehead atoms. The maximum atomic E-state index is 12.3. The van der Waals surface area contributed by atoms with Gasteiger partial charge in [-0.15, -0.1) is 0 Å². The lowest BCUT2D eigenvalue weighted by molar-refractivity contribution is 0.0313. The van der Waals surface area contributed by atoms with E-state index in [-0.39, 0.29) is 5.97 Å². The van der Waals surface area contributed by atoms with Gasteiger partial charge in [0.25, 0.3) is 0 Å². The fourth-order valence-electron chi connectivity index (χ4n) is 3.08. The molecular weight excluding hydrogens is 290 g/mol. The number of aromatic nitrogens is 1. The second-order valence-electron chi connectivity index (χ2n) is 6.10. The Bertz CT molecular complexity index is 677. The minimum Gasteiger partial charge on any atom is -0.462 e. The summed E-state index contributed by atoms with van der Waals surface area (Å²) in [7, 11) is 0. The van der Waals surface area contributed by atoms with Crippen LogP contribution in [0.15, 0.2) is 30.3 Å². The lowest BCUT2D eigenvalue weighted by atomic mass is 10.1. The molecule has 1 saturated carbocycles. The highest BCUT2D eigenvalue weighted by molar-refractivity contribution is 6.03. The van der Waals surface area contributed by atoms with Gasteiger partial charge in [0, 0.05) is 17.5 Å². The Balaban J connectivity index is 1.54. The van der Waals surface area contributed by atoms with Crippen LogP contribution in [0.5, 0.6) is 0 Å². The molecule has 1 aromatic carbocycles. The van der Waals surface area contributed by atoms with E-state index in [4.69, 9.17) is 9.47 Å². The molecule has 4 nitrogen and oxygen atoms in total. The van der Waals surface area contributed by atoms with E-state index in [9.17, 15) is 4.79 Å². The van der Waals surface area contributed by atoms with Gasteiger partial charge in [-0.25, -0.2) is 4.79 Å². The second kappa shape index (κ2) is 7.55. The number of fused-ring (bicyclic) bond motifs is 1. The number of carbonyl (C=O) groups excluding carboxylic acids is 1. The van der Waals surface area contributed by atoms with Crippen molar-refractivity contribution in [3.05, 3.63) is 41.6 Å². The summed E-state index contributed by atoms with van der Waals surface area (Å²) in [4.78, 5) is 16.8. The van der Waals surface area contributed by atoms with Crippen LogP contribution in [-0.2, 0) is 9.47 Å². The Kier molecular flexibility index (Phi) is 5.23. The van der Waals surface area contributed by atoms with Gasteiger partial charge in [0.05, 0.1) is 30.4 Å². The molecule has 1 fully saturated rings. The van der Waals surface area contributed by atoms with Crippen molar-refractivity contribution in [2.45, 2.75) is 45.1 Å². The molecule has 0 aliphatic heterocycles. The van der Waals surface area contributed by atoms with E-state index in [1.807, 2.05) is 31.2 Å². The van der Waals surface area contributed by atoms with Crippen molar-refractivity contribution in [1.29, 1.82) is 0 Å². The fourth-order valence-corrected chi connectivity index (χ4v) is 3.08. The molecule has 0 unspecified atom stereocenters. The van der Waals surface area contributed by atoms with Gasteiger partial charge < -0.3 is 9.47 Å². The van der Waals surface area contributed by atoms with Crippen LogP contribution in [0.1, 0.15) is 48.2 Å². The quantitative estimate of drug-likeness (QED) is 0.596. The molecule has 0 N–H and O–H groups in total. The number of hydrogen-bond donors (Lipinski definition) is 0. The highest BCUT2D eigenvalue weighted by atomic mass is 16.5. The third kappa shape index (κ3) is 4.08. The summed E-state index contributed by atoms with van der Waals surface area (Å²) < 4.78 is 11.2. The number of aryl methyl sites for hydroxylation is 1. The summed E-state index contributed by atoms with van der Waals surface area (Å²) in [6.07, 6.45) is 6.04. The molecule has 0 amide bonds. The molecule has 3 rings (SSSR count). The highest BCUT2D eigenvalue weighted by Gasteiger charge is 2.15. The third-order valence-electron chi connectivity index (χ3n) is 4.24. The molecule has 1 aliphatic rings. The van der Waals surface area contributed by atoms with Crippen molar-refractivity contribution >= 4 is 16.9 Å². The van der Waals surface area contributed by atoms with Crippen LogP contribution in [0.4, 0.5) is 0 Å². The Hall–Kier alpha value is -1.94. The molecule has 0 atom stereocenters. The largest absolute Gasteiger partial charge is 0.462 e. The molecule has 1 aromatic heterocycles. The Morgan fingerprint density at radius 1 is 1.22 bits per heavy atom. The van der Waals surface area contributed by atoms with Crippen LogP contribution in [0.2, 0.25) is 0 Å². The average Bonchev–Trinajstić information content (AvgIpc) is 3.07. The van der Waals surface area contributed by atoms with E-state index in [0.29, 0.717) is 24.9 Å². The first-order chi connectivity index (χ1) is 11.2. The van der Waals surface area contributed by atoms with Crippen molar-refractivity contribution in [1.82, 2.24) is 4.98 Å². The van der Waals surface area contributed by atoms with E-state index in [1.54, 1.807) is 6.07 Å². The molecule has 4 heteroatoms. The summed E-state index contributed by atoms with van der Waals surface area (Å²) in [6, 6.07) is 9.44. The van der Waals surface area contributed by atoms with Gasteiger partial charge in [-0.05, 0) is 31.9 Å². The summed E-state index contributed by atoms with van der Waals surface area (Å²) in [6.45, 7) is 2.94. The molecule has 122 valence electrons. The lowest BCUT2D eigenvalue weighted by Crippen LogP contribution is -2.12. The van der Waals surface area contributed by atoms with Crippen LogP contribution < -0.4 is 0 Å². The first-order valence-electron chi connectivity index (χ1n) is 8.39. The van der Waals surface area contributed by atoms with Crippen LogP contribution in [0.25, 0.3) is 10.9 Å². The molecular formula is C19H23NO3. The number of ether oxygens (including phenoxy) is 2. The third-order valence-corrected chi connectivity index (χ3v) is 4.24. The number of benzene rings is 1. The second-order valence-corrected chi connectivity index (χ2v) is 6.10. The normalized spacial score (nSPS) is 15.2. The van der Waals surface area contributed by atoms with Crippen molar-refractivity contribution in [3.8, 4) is 0 Å². The van der Waals surface area contributed by atoms with Crippen LogP contribution in [-0.4, -0.2) is 30.3 Å². The maximum absolute atomic E-state index is 12.3. The molecule has 1 aliphatic carbocycles. The zero-order valence-electron chi connectivity index (χ0n) is 13.6. The van der Waals surface area contributed by atoms with Crippen LogP contribution in [0, 0.1) is 6.92 Å². The topological polar surface area (TPSA) is 48.4 Å². The van der Waals surface area contributed by atoms with Crippen molar-refractivity contribution in [2.75, 3.05) is 13.2 Å². The van der Waals surface area contributed by atoms with Crippen molar-refractivity contribution < 1.29 is 14.3 Å². The zero-order valence-corrected chi connectivity index (χ0v) is 13.6. The molecule has 0 saturated heterocycles. The molecule has 23 heavy (non-hydrogen) atoms. The zero-order chi connectivity index (χ0) is 16.1. The van der Waals surface area contributed by atoms with E-state index >= 15 is 0 Å². The monoisotopic (exact) mass is 313 g/mol. The highest BCUT2D eigenvalue weighted by Crippen LogP contribution is 2.21. The number of hydrogen-bond acceptors (Lipinski definition) is 4. The maximum Gasteiger partial charge on any atom is 0.338 e. The summed E-state index contributed by atoms with van der Waals surface area (Å²) in [5, 5.41) is 0.838. The number of pyridine rings is 1. The Morgan fingerprint density at radius 3 is 2.83 bits per heavy atom. The van der Waals surface area contributed by atoms with Crippen molar-refractivity contribution in [3.63, 3.8) is 0 Å². The van der Waals surface area contributed by atoms with Gasteiger partial charge in [-0.1, -0.05) is 31.0 Å². The van der Waals surface area contributed by atoms with E-state index in [0.717, 1.165) is 23.0 Å². The number of carbonyl (C=O) groups is 1. The number of esters is 1. The molecule has 0 spiro atoms. The van der Waals surface area contributed by atoms with Gasteiger partial charge >= 0.3 is 5.97 Å². The fraction of sp³-hybridized carbons (Fsp3) is 0.474. The van der Waals surface area contributed by atoms with E-state index in [2.05, 4.69) is 4.98 Å². The predicted octanol–water partition coefficient (Wildman–Crippen LogP) is 4.05. The van der Waals surface area contributed by atoms with Gasteiger partial charge in [0.15, 0.2) is 0 Å². The summed E-state index contributed by atoms with van der Waals surface area (Å²) in [5.41, 5.74) is 2.23. The average molecular weight is 313 g/mol. The standard InChI is InChI=1S/C19H23NO3/c1-14-13-17(16-9-4-5-10-18(16)20-14)19(21)23-12-6-11-22-15-7-2-3-8-15/h4-5,9-10,13,15H,2-3,6-8,11-12H2,1H3. The number of para-hydroxylation sites is 1. The molecule has 0 radical (unpaired) electrons. The minimum atomic E-state index is -0.285. The summed E-state index contributed by atoms with van der Waals surface area (Å²) >= 11 is 0. The molecule has 2 aromatic rings. The predicted molar refractivity (Wildman–Crippen MR) is 89.6 cm³/mol. The SMILES string of the molecule is Cc1cc(C(=O)OCCCOC2CCCC2)c2ccccc2n1. The van der Waals surface area contributed by atoms with Gasteiger partial charge in [-0.3, -0.25) is 4.98 Å². The van der Waals surface area contributed by atoms with Crippen LogP contribution in [0.3, 0.4) is 0 Å². The van der Waals surface area contributed by atoms with Crippen molar-refractivity contribution in [2.24, 2.45) is 0 Å². The summed E-state index contributed by atoms with van der Waals surface area (Å²) in [5.74, 6) is -0.285. The lowest BCUT2D eigenvalue weighted by Gasteiger charge is -2.11. The smallest absolute Gasteiger partial charge is 0.338 e. The van der Waals surface area contributed by atoms with Gasteiger partial charge in [0.1, 0.15) is 0 Å². The van der Waals surface area contributed by atoms with Gasteiger partial charge in [-0.2, -0.15) is 0 Å². The first kappa shape index (κ1) is 15.9. The number of nitrogens with zero attached hydrogens (tertiary/aromatic N) is 1. The Labute approximate surface area is 136 Å². The first-order valence-corrected chi connectivity index (χ1v) is 8.39. The van der Waals surface area contributed by atoms with E-state index < -0.39 is 0 Å². The minimum absolute atomic E-state index is 0.285. The Morgan fingerprint density at radius 2 is 2.00 bits per heavy atom. The number of rotatable bonds is 6. The van der Waals surface area contributed by atoms with Crippen LogP contribution >= 0.6 is 0 Å². The van der Waals surface area contributed by atoms with E-state index in [1.165, 1.54) is 25.7 Å². The van der Waals surface area contributed by atoms with Gasteiger partial charge in [0.2, 0.25) is 0 Å².